The Morgan fingerprint density at radius 1 is 1.60 bits per heavy atom. The van der Waals surface area contributed by atoms with Crippen molar-refractivity contribution >= 4 is 11.8 Å². The molecule has 3 aliphatic rings. The minimum absolute atomic E-state index is 0.0198. The van der Waals surface area contributed by atoms with E-state index < -0.39 is 17.4 Å². The van der Waals surface area contributed by atoms with Gasteiger partial charge < -0.3 is 24.3 Å². The molecule has 8 nitrogen and oxygen atoms in total. The first-order valence-electron chi connectivity index (χ1n) is 8.44. The molecule has 4 atom stereocenters. The minimum atomic E-state index is -0.665. The lowest BCUT2D eigenvalue weighted by Gasteiger charge is -2.27. The molecular formula is C17H22N4O4. The van der Waals surface area contributed by atoms with Crippen LogP contribution >= 0.6 is 0 Å². The van der Waals surface area contributed by atoms with E-state index in [1.165, 1.54) is 0 Å². The van der Waals surface area contributed by atoms with Crippen LogP contribution in [0.5, 0.6) is 0 Å². The summed E-state index contributed by atoms with van der Waals surface area (Å²) in [6.07, 6.45) is 6.93. The number of aromatic nitrogens is 2. The number of rotatable bonds is 6. The summed E-state index contributed by atoms with van der Waals surface area (Å²) in [4.78, 5) is 36.4. The topological polar surface area (TPSA) is 87.8 Å². The number of likely N-dealkylation sites (tertiary alicyclic amines) is 1. The standard InChI is InChI=1S/C17H22N4O4/c1-20(9-12-18-5-6-19-12)15(22)13-11-3-4-17(25-11)10-21(7-8-24-2)16(23)14(13)17/h3-6,11,13-14H,7-10H2,1-2H3,(H,18,19)/t11-,13-,14+,17-/m0/s1. The van der Waals surface area contributed by atoms with Crippen molar-refractivity contribution in [2.45, 2.75) is 18.2 Å². The van der Waals surface area contributed by atoms with Gasteiger partial charge in [0.15, 0.2) is 0 Å². The van der Waals surface area contributed by atoms with Crippen LogP contribution in [-0.2, 0) is 25.6 Å². The van der Waals surface area contributed by atoms with Crippen LogP contribution in [0.3, 0.4) is 0 Å². The summed E-state index contributed by atoms with van der Waals surface area (Å²) in [7, 11) is 3.34. The summed E-state index contributed by atoms with van der Waals surface area (Å²) in [5, 5.41) is 0. The molecule has 4 heterocycles. The van der Waals surface area contributed by atoms with Gasteiger partial charge in [-0.3, -0.25) is 9.59 Å². The van der Waals surface area contributed by atoms with Crippen LogP contribution < -0.4 is 0 Å². The molecule has 0 aromatic carbocycles. The summed E-state index contributed by atoms with van der Waals surface area (Å²) in [6, 6.07) is 0. The van der Waals surface area contributed by atoms with Gasteiger partial charge in [-0.05, 0) is 0 Å². The second kappa shape index (κ2) is 5.96. The molecule has 25 heavy (non-hydrogen) atoms. The Morgan fingerprint density at radius 3 is 3.16 bits per heavy atom. The number of nitrogens with zero attached hydrogens (tertiary/aromatic N) is 3. The molecule has 1 aromatic heterocycles. The maximum absolute atomic E-state index is 13.0. The zero-order valence-electron chi connectivity index (χ0n) is 14.3. The minimum Gasteiger partial charge on any atom is -0.383 e. The van der Waals surface area contributed by atoms with Gasteiger partial charge in [0.1, 0.15) is 11.4 Å². The van der Waals surface area contributed by atoms with Crippen molar-refractivity contribution in [3.05, 3.63) is 30.4 Å². The summed E-state index contributed by atoms with van der Waals surface area (Å²) in [5.74, 6) is -0.325. The van der Waals surface area contributed by atoms with Gasteiger partial charge in [0.2, 0.25) is 11.8 Å². The first-order chi connectivity index (χ1) is 12.1. The Hall–Kier alpha value is -2.19. The Morgan fingerprint density at radius 2 is 2.44 bits per heavy atom. The van der Waals surface area contributed by atoms with Crippen molar-refractivity contribution < 1.29 is 19.1 Å². The zero-order valence-corrected chi connectivity index (χ0v) is 14.3. The van der Waals surface area contributed by atoms with E-state index in [0.717, 1.165) is 0 Å². The van der Waals surface area contributed by atoms with E-state index in [-0.39, 0.29) is 17.9 Å². The molecular weight excluding hydrogens is 324 g/mol. The van der Waals surface area contributed by atoms with Gasteiger partial charge >= 0.3 is 0 Å². The van der Waals surface area contributed by atoms with Gasteiger partial charge in [-0.15, -0.1) is 0 Å². The van der Waals surface area contributed by atoms with Crippen molar-refractivity contribution in [3.8, 4) is 0 Å². The highest BCUT2D eigenvalue weighted by Crippen LogP contribution is 2.52. The van der Waals surface area contributed by atoms with Gasteiger partial charge in [0.05, 0.1) is 37.6 Å². The van der Waals surface area contributed by atoms with Crippen LogP contribution in [0.25, 0.3) is 0 Å². The molecule has 2 fully saturated rings. The fourth-order valence-electron chi connectivity index (χ4n) is 4.19. The van der Waals surface area contributed by atoms with E-state index in [1.54, 1.807) is 36.4 Å². The smallest absolute Gasteiger partial charge is 0.230 e. The average molecular weight is 346 g/mol. The second-order valence-corrected chi connectivity index (χ2v) is 6.88. The van der Waals surface area contributed by atoms with Crippen molar-refractivity contribution in [1.82, 2.24) is 19.8 Å². The average Bonchev–Trinajstić information content (AvgIpc) is 3.35. The van der Waals surface area contributed by atoms with Crippen LogP contribution in [0.15, 0.2) is 24.5 Å². The predicted octanol–water partition coefficient (Wildman–Crippen LogP) is -0.203. The lowest BCUT2D eigenvalue weighted by atomic mass is 9.76. The first-order valence-corrected chi connectivity index (χ1v) is 8.44. The lowest BCUT2D eigenvalue weighted by molar-refractivity contribution is -0.143. The number of hydrogen-bond donors (Lipinski definition) is 1. The third-order valence-electron chi connectivity index (χ3n) is 5.35. The van der Waals surface area contributed by atoms with Gasteiger partial charge in [0, 0.05) is 33.1 Å². The molecule has 2 saturated heterocycles. The molecule has 1 spiro atoms. The van der Waals surface area contributed by atoms with E-state index in [9.17, 15) is 9.59 Å². The fraction of sp³-hybridized carbons (Fsp3) is 0.588. The number of aromatic amines is 1. The van der Waals surface area contributed by atoms with E-state index in [4.69, 9.17) is 9.47 Å². The number of ether oxygens (including phenoxy) is 2. The summed E-state index contributed by atoms with van der Waals surface area (Å²) >= 11 is 0. The van der Waals surface area contributed by atoms with Crippen molar-refractivity contribution in [3.63, 3.8) is 0 Å². The number of carbonyl (C=O) groups is 2. The number of methoxy groups -OCH3 is 1. The van der Waals surface area contributed by atoms with E-state index in [2.05, 4.69) is 9.97 Å². The molecule has 0 aliphatic carbocycles. The highest BCUT2D eigenvalue weighted by Gasteiger charge is 2.66. The summed E-state index contributed by atoms with van der Waals surface area (Å²) in [6.45, 7) is 1.84. The van der Waals surface area contributed by atoms with E-state index in [1.807, 2.05) is 12.2 Å². The Kier molecular flexibility index (Phi) is 3.88. The summed E-state index contributed by atoms with van der Waals surface area (Å²) < 4.78 is 11.2. The first kappa shape index (κ1) is 16.3. The van der Waals surface area contributed by atoms with Crippen LogP contribution in [-0.4, -0.2) is 77.1 Å². The van der Waals surface area contributed by atoms with Crippen molar-refractivity contribution in [2.24, 2.45) is 11.8 Å². The monoisotopic (exact) mass is 346 g/mol. The highest BCUT2D eigenvalue weighted by molar-refractivity contribution is 5.92. The van der Waals surface area contributed by atoms with Gasteiger partial charge in [-0.1, -0.05) is 12.2 Å². The second-order valence-electron chi connectivity index (χ2n) is 6.88. The van der Waals surface area contributed by atoms with Crippen LogP contribution in [0, 0.1) is 11.8 Å². The van der Waals surface area contributed by atoms with Crippen LogP contribution in [0.2, 0.25) is 0 Å². The van der Waals surface area contributed by atoms with Crippen LogP contribution in [0.4, 0.5) is 0 Å². The SMILES string of the molecule is COCCN1C[C@]23C=C[C@H](O2)[C@H](C(=O)N(C)Cc2ncc[nH]2)[C@@H]3C1=O. The molecule has 3 aliphatic heterocycles. The van der Waals surface area contributed by atoms with Crippen molar-refractivity contribution in [2.75, 3.05) is 33.9 Å². The number of nitrogens with one attached hydrogen (secondary N) is 1. The zero-order chi connectivity index (χ0) is 17.6. The van der Waals surface area contributed by atoms with Crippen LogP contribution in [0.1, 0.15) is 5.82 Å². The number of carbonyl (C=O) groups excluding carboxylic acids is 2. The molecule has 0 saturated carbocycles. The number of fused-ring (bicyclic) bond motifs is 1. The molecule has 0 unspecified atom stereocenters. The van der Waals surface area contributed by atoms with E-state index >= 15 is 0 Å². The number of imidazole rings is 1. The lowest BCUT2D eigenvalue weighted by Crippen LogP contribution is -2.44. The third-order valence-corrected chi connectivity index (χ3v) is 5.35. The molecule has 2 bridgehead atoms. The third kappa shape index (κ3) is 2.47. The van der Waals surface area contributed by atoms with Gasteiger partial charge in [0.25, 0.3) is 0 Å². The molecule has 4 rings (SSSR count). The molecule has 0 radical (unpaired) electrons. The highest BCUT2D eigenvalue weighted by atomic mass is 16.5. The van der Waals surface area contributed by atoms with Crippen molar-refractivity contribution in [1.29, 1.82) is 0 Å². The Bertz CT molecular complexity index is 704. The largest absolute Gasteiger partial charge is 0.383 e. The molecule has 8 heteroatoms. The fourth-order valence-corrected chi connectivity index (χ4v) is 4.19. The summed E-state index contributed by atoms with van der Waals surface area (Å²) in [5.41, 5.74) is -0.665. The number of H-pyrrole nitrogens is 1. The molecule has 2 amide bonds. The quantitative estimate of drug-likeness (QED) is 0.721. The Labute approximate surface area is 145 Å². The maximum Gasteiger partial charge on any atom is 0.230 e. The Balaban J connectivity index is 1.53. The van der Waals surface area contributed by atoms with Gasteiger partial charge in [-0.25, -0.2) is 4.98 Å². The predicted molar refractivity (Wildman–Crippen MR) is 87.2 cm³/mol. The maximum atomic E-state index is 13.0. The van der Waals surface area contributed by atoms with E-state index in [0.29, 0.717) is 32.1 Å². The normalized spacial score (nSPS) is 32.5. The van der Waals surface area contributed by atoms with Gasteiger partial charge in [-0.2, -0.15) is 0 Å². The molecule has 1 N–H and O–H groups in total. The number of amides is 2. The number of hydrogen-bond acceptors (Lipinski definition) is 5. The molecule has 1 aromatic rings. The molecule has 134 valence electrons.